The second-order valence-electron chi connectivity index (χ2n) is 6.50. The molecule has 0 aliphatic heterocycles. The van der Waals surface area contributed by atoms with Crippen LogP contribution in [0, 0.1) is 19.8 Å². The topological polar surface area (TPSA) is 56.2 Å². The Morgan fingerprint density at radius 2 is 2.08 bits per heavy atom. The van der Waals surface area contributed by atoms with Gasteiger partial charge < -0.3 is 14.6 Å². The monoisotopic (exact) mass is 355 g/mol. The average Bonchev–Trinajstić information content (AvgIpc) is 2.81. The molecule has 6 heteroatoms. The molecular formula is C18H33N3O2S. The van der Waals surface area contributed by atoms with Crippen LogP contribution in [0.4, 0.5) is 0 Å². The third-order valence-corrected chi connectivity index (χ3v) is 4.87. The highest BCUT2D eigenvalue weighted by atomic mass is 32.2. The molecule has 138 valence electrons. The fourth-order valence-corrected chi connectivity index (χ4v) is 3.13. The fraction of sp³-hybridized carbons (Fsp3) is 0.778. The number of hydrogen-bond acceptors (Lipinski definition) is 4. The van der Waals surface area contributed by atoms with Crippen LogP contribution >= 0.6 is 11.8 Å². The van der Waals surface area contributed by atoms with E-state index in [1.807, 2.05) is 6.92 Å². The van der Waals surface area contributed by atoms with Crippen molar-refractivity contribution >= 4 is 17.7 Å². The number of carbonyl (C=O) groups is 1. The number of rotatable bonds is 12. The Bertz CT molecular complexity index is 501. The molecule has 1 rings (SSSR count). The molecule has 0 radical (unpaired) electrons. The molecule has 1 heterocycles. The van der Waals surface area contributed by atoms with Crippen LogP contribution in [0.3, 0.4) is 0 Å². The van der Waals surface area contributed by atoms with Gasteiger partial charge in [-0.25, -0.2) is 4.98 Å². The molecule has 5 nitrogen and oxygen atoms in total. The van der Waals surface area contributed by atoms with Crippen molar-refractivity contribution in [3.8, 4) is 0 Å². The molecule has 1 aromatic heterocycles. The minimum atomic E-state index is 0.0350. The van der Waals surface area contributed by atoms with Gasteiger partial charge in [-0.3, -0.25) is 4.79 Å². The van der Waals surface area contributed by atoms with Gasteiger partial charge in [0.05, 0.1) is 18.1 Å². The molecule has 1 aromatic rings. The summed E-state index contributed by atoms with van der Waals surface area (Å²) in [6, 6.07) is 0. The Morgan fingerprint density at radius 1 is 1.33 bits per heavy atom. The highest BCUT2D eigenvalue weighted by Gasteiger charge is 2.12. The second kappa shape index (κ2) is 11.5. The summed E-state index contributed by atoms with van der Waals surface area (Å²) in [7, 11) is 0. The largest absolute Gasteiger partial charge is 0.380 e. The number of nitrogens with one attached hydrogen (secondary N) is 1. The lowest BCUT2D eigenvalue weighted by atomic mass is 10.1. The zero-order chi connectivity index (χ0) is 17.9. The number of aromatic nitrogens is 2. The fourth-order valence-electron chi connectivity index (χ4n) is 2.18. The Labute approximate surface area is 150 Å². The van der Waals surface area contributed by atoms with Gasteiger partial charge in [0, 0.05) is 25.4 Å². The first kappa shape index (κ1) is 21.0. The van der Waals surface area contributed by atoms with Crippen molar-refractivity contribution < 1.29 is 9.53 Å². The zero-order valence-electron chi connectivity index (χ0n) is 15.9. The van der Waals surface area contributed by atoms with Gasteiger partial charge >= 0.3 is 0 Å². The van der Waals surface area contributed by atoms with E-state index in [0.717, 1.165) is 43.3 Å². The minimum Gasteiger partial charge on any atom is -0.380 e. The van der Waals surface area contributed by atoms with E-state index in [1.54, 1.807) is 0 Å². The lowest BCUT2D eigenvalue weighted by molar-refractivity contribution is -0.118. The summed E-state index contributed by atoms with van der Waals surface area (Å²) in [6.45, 7) is 13.5. The number of nitrogens with zero attached hydrogens (tertiary/aromatic N) is 2. The lowest BCUT2D eigenvalue weighted by Crippen LogP contribution is -2.29. The van der Waals surface area contributed by atoms with Gasteiger partial charge in [-0.15, -0.1) is 0 Å². The summed E-state index contributed by atoms with van der Waals surface area (Å²) in [6.07, 6.45) is 3.34. The van der Waals surface area contributed by atoms with E-state index in [1.165, 1.54) is 17.5 Å². The summed E-state index contributed by atoms with van der Waals surface area (Å²) in [5.74, 6) is 1.08. The van der Waals surface area contributed by atoms with Crippen LogP contribution in [-0.4, -0.2) is 41.0 Å². The van der Waals surface area contributed by atoms with Crippen molar-refractivity contribution in [3.05, 3.63) is 11.4 Å². The molecule has 1 amide bonds. The second-order valence-corrected chi connectivity index (χ2v) is 7.45. The first-order valence-corrected chi connectivity index (χ1v) is 9.95. The number of hydrogen-bond donors (Lipinski definition) is 1. The van der Waals surface area contributed by atoms with E-state index >= 15 is 0 Å². The van der Waals surface area contributed by atoms with Gasteiger partial charge in [0.2, 0.25) is 5.91 Å². The number of imidazole rings is 1. The molecule has 0 saturated carbocycles. The van der Waals surface area contributed by atoms with Crippen molar-refractivity contribution in [1.82, 2.24) is 14.9 Å². The number of thioether (sulfide) groups is 1. The average molecular weight is 356 g/mol. The molecule has 0 aliphatic carbocycles. The zero-order valence-corrected chi connectivity index (χ0v) is 16.7. The molecule has 24 heavy (non-hydrogen) atoms. The van der Waals surface area contributed by atoms with Crippen LogP contribution in [0.25, 0.3) is 0 Å². The normalized spacial score (nSPS) is 11.2. The van der Waals surface area contributed by atoms with Crippen LogP contribution in [0.5, 0.6) is 0 Å². The summed E-state index contributed by atoms with van der Waals surface area (Å²) >= 11 is 1.51. The molecule has 0 unspecified atom stereocenters. The number of unbranched alkanes of at least 4 members (excludes halogenated alkanes) is 1. The molecular weight excluding hydrogens is 322 g/mol. The predicted octanol–water partition coefficient (Wildman–Crippen LogP) is 3.57. The van der Waals surface area contributed by atoms with Gasteiger partial charge in [0.25, 0.3) is 0 Å². The van der Waals surface area contributed by atoms with Crippen molar-refractivity contribution in [1.29, 1.82) is 0 Å². The molecule has 0 aromatic carbocycles. The number of ether oxygens (including phenoxy) is 1. The van der Waals surface area contributed by atoms with Gasteiger partial charge in [0.15, 0.2) is 5.16 Å². The highest BCUT2D eigenvalue weighted by molar-refractivity contribution is 7.99. The molecule has 0 bridgehead atoms. The van der Waals surface area contributed by atoms with Gasteiger partial charge in [0.1, 0.15) is 0 Å². The van der Waals surface area contributed by atoms with E-state index in [9.17, 15) is 4.79 Å². The maximum absolute atomic E-state index is 11.9. The SMILES string of the molecule is CCCCn1c(SCC(=O)NCCOCCC(C)C)nc(C)c1C. The van der Waals surface area contributed by atoms with Gasteiger partial charge in [-0.1, -0.05) is 39.0 Å². The van der Waals surface area contributed by atoms with Crippen LogP contribution in [0.15, 0.2) is 5.16 Å². The van der Waals surface area contributed by atoms with Gasteiger partial charge in [-0.2, -0.15) is 0 Å². The molecule has 0 saturated heterocycles. The van der Waals surface area contributed by atoms with Crippen LogP contribution in [-0.2, 0) is 16.1 Å². The van der Waals surface area contributed by atoms with E-state index < -0.39 is 0 Å². The summed E-state index contributed by atoms with van der Waals surface area (Å²) in [4.78, 5) is 16.5. The van der Waals surface area contributed by atoms with E-state index in [-0.39, 0.29) is 5.91 Å². The summed E-state index contributed by atoms with van der Waals surface area (Å²) in [5.41, 5.74) is 2.25. The maximum atomic E-state index is 11.9. The lowest BCUT2D eigenvalue weighted by Gasteiger charge is -2.10. The minimum absolute atomic E-state index is 0.0350. The van der Waals surface area contributed by atoms with Gasteiger partial charge in [-0.05, 0) is 32.6 Å². The standard InChI is InChI=1S/C18H33N3O2S/c1-6-7-10-21-16(5)15(4)20-18(21)24-13-17(22)19-9-12-23-11-8-14(2)3/h14H,6-13H2,1-5H3,(H,19,22). The number of aryl methyl sites for hydroxylation is 1. The maximum Gasteiger partial charge on any atom is 0.230 e. The molecule has 0 aliphatic rings. The molecule has 0 fully saturated rings. The third-order valence-electron chi connectivity index (χ3n) is 3.90. The van der Waals surface area contributed by atoms with Crippen molar-refractivity contribution in [2.45, 2.75) is 65.6 Å². The summed E-state index contributed by atoms with van der Waals surface area (Å²) < 4.78 is 7.73. The van der Waals surface area contributed by atoms with Crippen LogP contribution in [0.2, 0.25) is 0 Å². The Kier molecular flexibility index (Phi) is 10.1. The van der Waals surface area contributed by atoms with E-state index in [2.05, 4.69) is 42.6 Å². The van der Waals surface area contributed by atoms with E-state index in [0.29, 0.717) is 24.8 Å². The Balaban J connectivity index is 2.30. The van der Waals surface area contributed by atoms with Crippen LogP contribution in [0.1, 0.15) is 51.4 Å². The highest BCUT2D eigenvalue weighted by Crippen LogP contribution is 2.21. The predicted molar refractivity (Wildman–Crippen MR) is 101 cm³/mol. The first-order valence-electron chi connectivity index (χ1n) is 8.96. The van der Waals surface area contributed by atoms with Crippen molar-refractivity contribution in [2.75, 3.05) is 25.5 Å². The quantitative estimate of drug-likeness (QED) is 0.460. The summed E-state index contributed by atoms with van der Waals surface area (Å²) in [5, 5.41) is 3.85. The smallest absolute Gasteiger partial charge is 0.230 e. The number of amides is 1. The van der Waals surface area contributed by atoms with Crippen LogP contribution < -0.4 is 5.32 Å². The Morgan fingerprint density at radius 3 is 2.75 bits per heavy atom. The third kappa shape index (κ3) is 7.71. The Hall–Kier alpha value is -1.01. The first-order chi connectivity index (χ1) is 11.5. The molecule has 0 atom stereocenters. The molecule has 0 spiro atoms. The van der Waals surface area contributed by atoms with Crippen molar-refractivity contribution in [2.24, 2.45) is 5.92 Å². The molecule has 1 N–H and O–H groups in total. The number of carbonyl (C=O) groups excluding carboxylic acids is 1. The van der Waals surface area contributed by atoms with Crippen molar-refractivity contribution in [3.63, 3.8) is 0 Å². The van der Waals surface area contributed by atoms with E-state index in [4.69, 9.17) is 4.74 Å².